The highest BCUT2D eigenvalue weighted by Crippen LogP contribution is 2.16. The topological polar surface area (TPSA) is 56.7 Å². The molecule has 128 valence electrons. The highest BCUT2D eigenvalue weighted by molar-refractivity contribution is 6.31. The normalized spacial score (nSPS) is 11.3. The van der Waals surface area contributed by atoms with Crippen LogP contribution >= 0.6 is 11.6 Å². The fraction of sp³-hybridized carbons (Fsp3) is 0.529. The third-order valence-electron chi connectivity index (χ3n) is 3.37. The predicted molar refractivity (Wildman–Crippen MR) is 96.9 cm³/mol. The molecular formula is C17H27ClN4O. The maximum Gasteiger partial charge on any atom is 0.241 e. The molecule has 0 aliphatic carbocycles. The molecule has 0 aliphatic heterocycles. The molecule has 1 aromatic rings. The lowest BCUT2D eigenvalue weighted by Gasteiger charge is -2.15. The van der Waals surface area contributed by atoms with Crippen LogP contribution in [0.15, 0.2) is 23.2 Å². The molecule has 0 aromatic heterocycles. The summed E-state index contributed by atoms with van der Waals surface area (Å²) in [6, 6.07) is 5.88. The number of nitrogens with zero attached hydrogens (tertiary/aromatic N) is 2. The number of aliphatic imine (C=N–C) groups is 1. The van der Waals surface area contributed by atoms with Gasteiger partial charge in [-0.25, -0.2) is 4.99 Å². The summed E-state index contributed by atoms with van der Waals surface area (Å²) in [7, 11) is 3.48. The molecule has 0 aliphatic rings. The quantitative estimate of drug-likeness (QED) is 0.456. The Labute approximate surface area is 144 Å². The molecule has 0 saturated carbocycles. The molecule has 0 fully saturated rings. The average molecular weight is 339 g/mol. The molecule has 2 N–H and O–H groups in total. The molecule has 5 nitrogen and oxygen atoms in total. The third kappa shape index (κ3) is 7.37. The van der Waals surface area contributed by atoms with Gasteiger partial charge < -0.3 is 15.5 Å². The number of halogens is 1. The lowest BCUT2D eigenvalue weighted by atomic mass is 10.1. The highest BCUT2D eigenvalue weighted by Gasteiger charge is 2.06. The van der Waals surface area contributed by atoms with Crippen LogP contribution in [0.3, 0.4) is 0 Å². The average Bonchev–Trinajstić information content (AvgIpc) is 2.52. The number of guanidine groups is 1. The van der Waals surface area contributed by atoms with Gasteiger partial charge in [-0.15, -0.1) is 0 Å². The second-order valence-electron chi connectivity index (χ2n) is 5.67. The molecule has 0 bridgehead atoms. The molecule has 1 rings (SSSR count). The van der Waals surface area contributed by atoms with E-state index in [4.69, 9.17) is 11.6 Å². The van der Waals surface area contributed by atoms with E-state index < -0.39 is 0 Å². The minimum Gasteiger partial charge on any atom is -0.356 e. The Bertz CT molecular complexity index is 543. The van der Waals surface area contributed by atoms with Gasteiger partial charge in [0.05, 0.1) is 13.1 Å². The van der Waals surface area contributed by atoms with Gasteiger partial charge in [0.2, 0.25) is 5.91 Å². The molecule has 0 spiro atoms. The standard InChI is InChI=1S/C17H27ClN4O/c1-5-6-9-19-17(21-12-16(23)22(3)4)20-11-14-7-8-15(18)13(2)10-14/h7-8,10H,5-6,9,11-12H2,1-4H3,(H2,19,20,21). The summed E-state index contributed by atoms with van der Waals surface area (Å²) < 4.78 is 0. The Morgan fingerprint density at radius 2 is 2.04 bits per heavy atom. The number of rotatable bonds is 7. The monoisotopic (exact) mass is 338 g/mol. The van der Waals surface area contributed by atoms with Crippen LogP contribution in [0.2, 0.25) is 5.02 Å². The summed E-state index contributed by atoms with van der Waals surface area (Å²) in [5.74, 6) is 0.665. The summed E-state index contributed by atoms with van der Waals surface area (Å²) in [6.45, 7) is 5.71. The van der Waals surface area contributed by atoms with E-state index in [9.17, 15) is 4.79 Å². The fourth-order valence-corrected chi connectivity index (χ4v) is 1.97. The van der Waals surface area contributed by atoms with E-state index in [0.29, 0.717) is 12.5 Å². The first-order valence-electron chi connectivity index (χ1n) is 7.91. The van der Waals surface area contributed by atoms with Crippen LogP contribution in [0, 0.1) is 6.92 Å². The van der Waals surface area contributed by atoms with Crippen molar-refractivity contribution in [2.24, 2.45) is 4.99 Å². The van der Waals surface area contributed by atoms with E-state index in [1.807, 2.05) is 25.1 Å². The smallest absolute Gasteiger partial charge is 0.241 e. The largest absolute Gasteiger partial charge is 0.356 e. The molecule has 0 atom stereocenters. The first-order chi connectivity index (χ1) is 10.9. The molecule has 0 saturated heterocycles. The fourth-order valence-electron chi connectivity index (χ4n) is 1.85. The number of benzene rings is 1. The minimum atomic E-state index is 0.0114. The van der Waals surface area contributed by atoms with Crippen LogP contribution < -0.4 is 10.6 Å². The Hall–Kier alpha value is -1.75. The first-order valence-corrected chi connectivity index (χ1v) is 8.29. The van der Waals surface area contributed by atoms with E-state index in [0.717, 1.165) is 35.5 Å². The van der Waals surface area contributed by atoms with Crippen LogP contribution in [-0.2, 0) is 11.3 Å². The van der Waals surface area contributed by atoms with Crippen molar-refractivity contribution in [2.75, 3.05) is 27.2 Å². The predicted octanol–water partition coefficient (Wildman–Crippen LogP) is 2.57. The number of likely N-dealkylation sites (N-methyl/N-ethyl adjacent to an activating group) is 1. The summed E-state index contributed by atoms with van der Waals surface area (Å²) in [4.78, 5) is 17.8. The van der Waals surface area contributed by atoms with Gasteiger partial charge in [-0.3, -0.25) is 4.79 Å². The van der Waals surface area contributed by atoms with Crippen molar-refractivity contribution in [1.82, 2.24) is 15.5 Å². The van der Waals surface area contributed by atoms with E-state index >= 15 is 0 Å². The zero-order chi connectivity index (χ0) is 17.2. The second kappa shape index (κ2) is 10.1. The molecule has 1 aromatic carbocycles. The summed E-state index contributed by atoms with van der Waals surface area (Å²) in [6.07, 6.45) is 2.16. The minimum absolute atomic E-state index is 0.0114. The zero-order valence-corrected chi connectivity index (χ0v) is 15.2. The van der Waals surface area contributed by atoms with E-state index in [1.54, 1.807) is 19.0 Å². The lowest BCUT2D eigenvalue weighted by molar-refractivity contribution is -0.127. The number of aryl methyl sites for hydroxylation is 1. The molecule has 0 radical (unpaired) electrons. The van der Waals surface area contributed by atoms with Gasteiger partial charge >= 0.3 is 0 Å². The molecule has 23 heavy (non-hydrogen) atoms. The van der Waals surface area contributed by atoms with Gasteiger partial charge in [0.15, 0.2) is 5.96 Å². The van der Waals surface area contributed by atoms with Gasteiger partial charge in [0.25, 0.3) is 0 Å². The van der Waals surface area contributed by atoms with Gasteiger partial charge in [0, 0.05) is 25.7 Å². The van der Waals surface area contributed by atoms with Gasteiger partial charge in [-0.1, -0.05) is 37.1 Å². The van der Waals surface area contributed by atoms with Crippen molar-refractivity contribution in [3.05, 3.63) is 34.3 Å². The van der Waals surface area contributed by atoms with Crippen molar-refractivity contribution in [1.29, 1.82) is 0 Å². The second-order valence-corrected chi connectivity index (χ2v) is 6.08. The van der Waals surface area contributed by atoms with Gasteiger partial charge in [0.1, 0.15) is 0 Å². The van der Waals surface area contributed by atoms with Crippen molar-refractivity contribution >= 4 is 23.5 Å². The Balaban J connectivity index is 2.68. The maximum atomic E-state index is 11.7. The highest BCUT2D eigenvalue weighted by atomic mass is 35.5. The van der Waals surface area contributed by atoms with Crippen molar-refractivity contribution in [3.8, 4) is 0 Å². The Morgan fingerprint density at radius 1 is 1.30 bits per heavy atom. The molecular weight excluding hydrogens is 312 g/mol. The van der Waals surface area contributed by atoms with Crippen molar-refractivity contribution in [2.45, 2.75) is 33.2 Å². The maximum absolute atomic E-state index is 11.7. The number of carbonyl (C=O) groups is 1. The van der Waals surface area contributed by atoms with Crippen LogP contribution in [0.5, 0.6) is 0 Å². The van der Waals surface area contributed by atoms with Crippen LogP contribution in [0.25, 0.3) is 0 Å². The summed E-state index contributed by atoms with van der Waals surface area (Å²) in [5.41, 5.74) is 2.12. The Morgan fingerprint density at radius 3 is 2.65 bits per heavy atom. The van der Waals surface area contributed by atoms with Crippen LogP contribution in [0.4, 0.5) is 0 Å². The molecule has 0 unspecified atom stereocenters. The van der Waals surface area contributed by atoms with E-state index in [2.05, 4.69) is 22.5 Å². The number of amides is 1. The zero-order valence-electron chi connectivity index (χ0n) is 14.4. The summed E-state index contributed by atoms with van der Waals surface area (Å²) >= 11 is 6.04. The first kappa shape index (κ1) is 19.3. The van der Waals surface area contributed by atoms with E-state index in [1.165, 1.54) is 0 Å². The number of hydrogen-bond donors (Lipinski definition) is 2. The summed E-state index contributed by atoms with van der Waals surface area (Å²) in [5, 5.41) is 7.09. The molecule has 1 amide bonds. The number of unbranched alkanes of at least 4 members (excludes halogenated alkanes) is 1. The SMILES string of the molecule is CCCCNC(=NCc1ccc(Cl)c(C)c1)NCC(=O)N(C)C. The van der Waals surface area contributed by atoms with Crippen LogP contribution in [0.1, 0.15) is 30.9 Å². The van der Waals surface area contributed by atoms with Gasteiger partial charge in [-0.2, -0.15) is 0 Å². The number of carbonyl (C=O) groups excluding carboxylic acids is 1. The Kier molecular flexibility index (Phi) is 8.48. The van der Waals surface area contributed by atoms with Crippen molar-refractivity contribution < 1.29 is 4.79 Å². The van der Waals surface area contributed by atoms with Crippen LogP contribution in [-0.4, -0.2) is 44.0 Å². The lowest BCUT2D eigenvalue weighted by Crippen LogP contribution is -2.43. The van der Waals surface area contributed by atoms with Crippen molar-refractivity contribution in [3.63, 3.8) is 0 Å². The number of nitrogens with one attached hydrogen (secondary N) is 2. The number of hydrogen-bond acceptors (Lipinski definition) is 2. The van der Waals surface area contributed by atoms with E-state index in [-0.39, 0.29) is 12.5 Å². The molecule has 6 heteroatoms. The third-order valence-corrected chi connectivity index (χ3v) is 3.79. The van der Waals surface area contributed by atoms with Gasteiger partial charge in [-0.05, 0) is 30.5 Å². The molecule has 0 heterocycles.